The van der Waals surface area contributed by atoms with Crippen molar-refractivity contribution in [2.75, 3.05) is 13.1 Å². The van der Waals surface area contributed by atoms with Crippen molar-refractivity contribution < 1.29 is 9.53 Å². The maximum absolute atomic E-state index is 11.3. The first-order valence-corrected chi connectivity index (χ1v) is 9.30. The number of carbonyl (C=O) groups is 1. The predicted octanol–water partition coefficient (Wildman–Crippen LogP) is 2.57. The second kappa shape index (κ2) is 10.6. The summed E-state index contributed by atoms with van der Waals surface area (Å²) in [5, 5.41) is 9.59. The molecule has 144 valence electrons. The van der Waals surface area contributed by atoms with Gasteiger partial charge in [0.15, 0.2) is 5.96 Å². The summed E-state index contributed by atoms with van der Waals surface area (Å²) in [6.45, 7) is 4.06. The Balaban J connectivity index is 0.00000243. The van der Waals surface area contributed by atoms with Gasteiger partial charge in [-0.1, -0.05) is 18.2 Å². The quantitative estimate of drug-likeness (QED) is 0.338. The number of nitrogens with zero attached hydrogens (tertiary/aromatic N) is 1. The number of aliphatic imine (C=N–C) groups is 1. The Hall–Kier alpha value is -1.51. The van der Waals surface area contributed by atoms with Crippen LogP contribution in [0.4, 0.5) is 0 Å². The van der Waals surface area contributed by atoms with Crippen LogP contribution in [-0.4, -0.2) is 37.1 Å². The van der Waals surface area contributed by atoms with Crippen molar-refractivity contribution in [3.63, 3.8) is 0 Å². The number of hydrogen-bond donors (Lipinski definition) is 3. The number of nitrogens with one attached hydrogen (secondary N) is 3. The molecular weight excluding hydrogens is 443 g/mol. The summed E-state index contributed by atoms with van der Waals surface area (Å²) >= 11 is 0. The van der Waals surface area contributed by atoms with Crippen LogP contribution >= 0.6 is 24.0 Å². The molecule has 1 atom stereocenters. The Labute approximate surface area is 172 Å². The summed E-state index contributed by atoms with van der Waals surface area (Å²) in [7, 11) is 0. The molecule has 2 aliphatic rings. The fourth-order valence-corrected chi connectivity index (χ4v) is 2.95. The van der Waals surface area contributed by atoms with E-state index in [4.69, 9.17) is 9.73 Å². The van der Waals surface area contributed by atoms with E-state index in [9.17, 15) is 4.79 Å². The molecule has 3 N–H and O–H groups in total. The first kappa shape index (κ1) is 20.8. The smallest absolute Gasteiger partial charge is 0.220 e. The molecule has 1 saturated heterocycles. The number of para-hydroxylation sites is 1. The molecule has 6 nitrogen and oxygen atoms in total. The zero-order valence-corrected chi connectivity index (χ0v) is 17.6. The summed E-state index contributed by atoms with van der Waals surface area (Å²) in [6.07, 6.45) is 5.32. The first-order chi connectivity index (χ1) is 12.2. The minimum atomic E-state index is 0. The standard InChI is InChI=1S/C19H28N4O2.HI/c1-2-20-19(23-15-10-11-18(24)21-13-15)22-12-14-6-3-4-9-17(14)25-16-7-5-8-16;/h3-4,6,9,15-16H,2,5,7-8,10-13H2,1H3,(H,21,24)(H2,20,22,23);1H. The molecule has 2 fully saturated rings. The van der Waals surface area contributed by atoms with Crippen LogP contribution in [0.3, 0.4) is 0 Å². The number of halogens is 1. The predicted molar refractivity (Wildman–Crippen MR) is 114 cm³/mol. The van der Waals surface area contributed by atoms with Gasteiger partial charge in [0, 0.05) is 31.1 Å². The van der Waals surface area contributed by atoms with Gasteiger partial charge < -0.3 is 20.7 Å². The molecule has 1 unspecified atom stereocenters. The summed E-state index contributed by atoms with van der Waals surface area (Å²) in [5.74, 6) is 1.85. The lowest BCUT2D eigenvalue weighted by Crippen LogP contribution is -2.51. The molecule has 1 aromatic rings. The van der Waals surface area contributed by atoms with E-state index in [0.717, 1.165) is 43.1 Å². The van der Waals surface area contributed by atoms with Gasteiger partial charge in [0.25, 0.3) is 0 Å². The Morgan fingerprint density at radius 2 is 2.12 bits per heavy atom. The Morgan fingerprint density at radius 3 is 2.77 bits per heavy atom. The van der Waals surface area contributed by atoms with Crippen LogP contribution in [-0.2, 0) is 11.3 Å². The van der Waals surface area contributed by atoms with Crippen molar-refractivity contribution in [2.45, 2.75) is 57.7 Å². The van der Waals surface area contributed by atoms with Crippen molar-refractivity contribution in [3.8, 4) is 5.75 Å². The fourth-order valence-electron chi connectivity index (χ4n) is 2.95. The zero-order chi connectivity index (χ0) is 17.5. The van der Waals surface area contributed by atoms with Crippen LogP contribution in [0.5, 0.6) is 5.75 Å². The van der Waals surface area contributed by atoms with Crippen LogP contribution in [0.1, 0.15) is 44.6 Å². The second-order valence-electron chi connectivity index (χ2n) is 6.66. The van der Waals surface area contributed by atoms with Crippen molar-refractivity contribution in [1.82, 2.24) is 16.0 Å². The van der Waals surface area contributed by atoms with Gasteiger partial charge in [-0.2, -0.15) is 0 Å². The number of ether oxygens (including phenoxy) is 1. The van der Waals surface area contributed by atoms with Crippen molar-refractivity contribution in [1.29, 1.82) is 0 Å². The highest BCUT2D eigenvalue weighted by molar-refractivity contribution is 14.0. The molecule has 1 aromatic carbocycles. The fraction of sp³-hybridized carbons (Fsp3) is 0.579. The van der Waals surface area contributed by atoms with Crippen molar-refractivity contribution in [3.05, 3.63) is 29.8 Å². The molecule has 1 aliphatic carbocycles. The van der Waals surface area contributed by atoms with Gasteiger partial charge >= 0.3 is 0 Å². The van der Waals surface area contributed by atoms with E-state index < -0.39 is 0 Å². The second-order valence-corrected chi connectivity index (χ2v) is 6.66. The molecule has 7 heteroatoms. The van der Waals surface area contributed by atoms with Gasteiger partial charge in [0.2, 0.25) is 5.91 Å². The SMILES string of the molecule is CCNC(=NCc1ccccc1OC1CCC1)NC1CCC(=O)NC1.I. The highest BCUT2D eigenvalue weighted by Gasteiger charge is 2.21. The minimum absolute atomic E-state index is 0. The highest BCUT2D eigenvalue weighted by Crippen LogP contribution is 2.27. The molecule has 0 spiro atoms. The number of amides is 1. The van der Waals surface area contributed by atoms with Crippen LogP contribution in [0.25, 0.3) is 0 Å². The number of benzene rings is 1. The molecule has 26 heavy (non-hydrogen) atoms. The number of rotatable bonds is 6. The van der Waals surface area contributed by atoms with E-state index in [2.05, 4.69) is 22.0 Å². The maximum Gasteiger partial charge on any atom is 0.220 e. The molecular formula is C19H29IN4O2. The lowest BCUT2D eigenvalue weighted by molar-refractivity contribution is -0.122. The molecule has 1 saturated carbocycles. The molecule has 0 radical (unpaired) electrons. The number of guanidine groups is 1. The van der Waals surface area contributed by atoms with Crippen LogP contribution in [0, 0.1) is 0 Å². The van der Waals surface area contributed by atoms with Gasteiger partial charge in [-0.3, -0.25) is 4.79 Å². The molecule has 3 rings (SSSR count). The van der Waals surface area contributed by atoms with Gasteiger partial charge in [-0.15, -0.1) is 24.0 Å². The largest absolute Gasteiger partial charge is 0.490 e. The van der Waals surface area contributed by atoms with Crippen LogP contribution in [0.15, 0.2) is 29.3 Å². The first-order valence-electron chi connectivity index (χ1n) is 9.30. The van der Waals surface area contributed by atoms with Gasteiger partial charge in [-0.25, -0.2) is 4.99 Å². The average Bonchev–Trinajstić information content (AvgIpc) is 2.59. The number of piperidine rings is 1. The van der Waals surface area contributed by atoms with Crippen molar-refractivity contribution in [2.24, 2.45) is 4.99 Å². The highest BCUT2D eigenvalue weighted by atomic mass is 127. The normalized spacial score (nSPS) is 20.4. The molecule has 1 aliphatic heterocycles. The van der Waals surface area contributed by atoms with E-state index in [0.29, 0.717) is 25.6 Å². The van der Waals surface area contributed by atoms with Gasteiger partial charge in [-0.05, 0) is 38.7 Å². The molecule has 0 aromatic heterocycles. The van der Waals surface area contributed by atoms with Gasteiger partial charge in [0.1, 0.15) is 5.75 Å². The van der Waals surface area contributed by atoms with Crippen molar-refractivity contribution >= 4 is 35.8 Å². The lowest BCUT2D eigenvalue weighted by Gasteiger charge is -2.27. The van der Waals surface area contributed by atoms with E-state index in [1.807, 2.05) is 25.1 Å². The van der Waals surface area contributed by atoms with E-state index >= 15 is 0 Å². The van der Waals surface area contributed by atoms with Crippen LogP contribution in [0.2, 0.25) is 0 Å². The molecule has 1 heterocycles. The Bertz CT molecular complexity index is 609. The van der Waals surface area contributed by atoms with E-state index in [1.54, 1.807) is 0 Å². The average molecular weight is 472 g/mol. The van der Waals surface area contributed by atoms with Crippen LogP contribution < -0.4 is 20.7 Å². The third-order valence-corrected chi connectivity index (χ3v) is 4.68. The Morgan fingerprint density at radius 1 is 1.31 bits per heavy atom. The summed E-state index contributed by atoms with van der Waals surface area (Å²) in [4.78, 5) is 16.0. The number of carbonyl (C=O) groups excluding carboxylic acids is 1. The maximum atomic E-state index is 11.3. The van der Waals surface area contributed by atoms with E-state index in [1.165, 1.54) is 6.42 Å². The summed E-state index contributed by atoms with van der Waals surface area (Å²) in [6, 6.07) is 8.35. The third kappa shape index (κ3) is 6.03. The molecule has 1 amide bonds. The zero-order valence-electron chi connectivity index (χ0n) is 15.3. The summed E-state index contributed by atoms with van der Waals surface area (Å²) in [5.41, 5.74) is 1.10. The molecule has 0 bridgehead atoms. The topological polar surface area (TPSA) is 74.8 Å². The van der Waals surface area contributed by atoms with Gasteiger partial charge in [0.05, 0.1) is 12.6 Å². The van der Waals surface area contributed by atoms with E-state index in [-0.39, 0.29) is 35.9 Å². The Kier molecular flexibility index (Phi) is 8.47. The summed E-state index contributed by atoms with van der Waals surface area (Å²) < 4.78 is 6.08. The monoisotopic (exact) mass is 472 g/mol. The minimum Gasteiger partial charge on any atom is -0.490 e. The lowest BCUT2D eigenvalue weighted by atomic mass is 9.96. The third-order valence-electron chi connectivity index (χ3n) is 4.68. The number of hydrogen-bond acceptors (Lipinski definition) is 3.